The third-order valence-electron chi connectivity index (χ3n) is 2.08. The SMILES string of the molecule is CC(C)CCOc1nc(C(N)=O)ccc1N. The van der Waals surface area contributed by atoms with Gasteiger partial charge < -0.3 is 16.2 Å². The lowest BCUT2D eigenvalue weighted by Gasteiger charge is -2.09. The Bertz CT molecular complexity index is 377. The highest BCUT2D eigenvalue weighted by Gasteiger charge is 2.08. The minimum atomic E-state index is -0.589. The number of amides is 1. The Hall–Kier alpha value is -1.78. The number of rotatable bonds is 5. The summed E-state index contributed by atoms with van der Waals surface area (Å²) < 4.78 is 5.39. The van der Waals surface area contributed by atoms with E-state index in [0.717, 1.165) is 6.42 Å². The zero-order valence-corrected chi connectivity index (χ0v) is 9.56. The number of hydrogen-bond donors (Lipinski definition) is 2. The van der Waals surface area contributed by atoms with Gasteiger partial charge in [0.2, 0.25) is 5.88 Å². The Kier molecular flexibility index (Phi) is 4.10. The summed E-state index contributed by atoms with van der Waals surface area (Å²) in [5.74, 6) is 0.228. The highest BCUT2D eigenvalue weighted by molar-refractivity contribution is 5.91. The second-order valence-electron chi connectivity index (χ2n) is 3.99. The predicted molar refractivity (Wildman–Crippen MR) is 62.1 cm³/mol. The molecule has 0 radical (unpaired) electrons. The van der Waals surface area contributed by atoms with Crippen molar-refractivity contribution in [1.82, 2.24) is 4.98 Å². The summed E-state index contributed by atoms with van der Waals surface area (Å²) in [6.45, 7) is 4.72. The van der Waals surface area contributed by atoms with Crippen molar-refractivity contribution >= 4 is 11.6 Å². The van der Waals surface area contributed by atoms with Crippen LogP contribution in [0.15, 0.2) is 12.1 Å². The van der Waals surface area contributed by atoms with Crippen molar-refractivity contribution in [2.24, 2.45) is 11.7 Å². The molecule has 4 N–H and O–H groups in total. The van der Waals surface area contributed by atoms with Crippen LogP contribution in [0, 0.1) is 5.92 Å². The van der Waals surface area contributed by atoms with Crippen molar-refractivity contribution < 1.29 is 9.53 Å². The predicted octanol–water partition coefficient (Wildman–Crippen LogP) is 1.19. The van der Waals surface area contributed by atoms with E-state index in [1.54, 1.807) is 6.07 Å². The lowest BCUT2D eigenvalue weighted by molar-refractivity contribution is 0.0994. The molecule has 88 valence electrons. The van der Waals surface area contributed by atoms with E-state index in [1.165, 1.54) is 6.07 Å². The highest BCUT2D eigenvalue weighted by Crippen LogP contribution is 2.18. The molecule has 0 aromatic carbocycles. The Morgan fingerprint density at radius 1 is 1.50 bits per heavy atom. The number of ether oxygens (including phenoxy) is 1. The van der Waals surface area contributed by atoms with Gasteiger partial charge in [0.15, 0.2) is 0 Å². The Morgan fingerprint density at radius 2 is 2.19 bits per heavy atom. The van der Waals surface area contributed by atoms with Gasteiger partial charge in [0, 0.05) is 0 Å². The van der Waals surface area contributed by atoms with E-state index < -0.39 is 5.91 Å². The van der Waals surface area contributed by atoms with Gasteiger partial charge in [-0.05, 0) is 24.5 Å². The van der Waals surface area contributed by atoms with Gasteiger partial charge in [-0.1, -0.05) is 13.8 Å². The molecule has 1 aromatic rings. The molecule has 0 aliphatic heterocycles. The summed E-state index contributed by atoms with van der Waals surface area (Å²) in [5.41, 5.74) is 11.4. The number of nitrogens with two attached hydrogens (primary N) is 2. The molecule has 0 bridgehead atoms. The number of primary amides is 1. The highest BCUT2D eigenvalue weighted by atomic mass is 16.5. The van der Waals surface area contributed by atoms with Gasteiger partial charge in [-0.25, -0.2) is 4.98 Å². The summed E-state index contributed by atoms with van der Waals surface area (Å²) in [4.78, 5) is 14.9. The van der Waals surface area contributed by atoms with Crippen LogP contribution in [0.25, 0.3) is 0 Å². The third kappa shape index (κ3) is 3.42. The van der Waals surface area contributed by atoms with E-state index in [1.807, 2.05) is 0 Å². The largest absolute Gasteiger partial charge is 0.476 e. The van der Waals surface area contributed by atoms with Crippen molar-refractivity contribution in [2.75, 3.05) is 12.3 Å². The maximum atomic E-state index is 10.9. The third-order valence-corrected chi connectivity index (χ3v) is 2.08. The second kappa shape index (κ2) is 5.34. The minimum Gasteiger partial charge on any atom is -0.476 e. The summed E-state index contributed by atoms with van der Waals surface area (Å²) in [6.07, 6.45) is 0.905. The van der Waals surface area contributed by atoms with Crippen molar-refractivity contribution in [1.29, 1.82) is 0 Å². The summed E-state index contributed by atoms with van der Waals surface area (Å²) in [6, 6.07) is 3.05. The summed E-state index contributed by atoms with van der Waals surface area (Å²) in [7, 11) is 0. The molecule has 5 nitrogen and oxygen atoms in total. The minimum absolute atomic E-state index is 0.161. The molecule has 1 heterocycles. The van der Waals surface area contributed by atoms with Crippen LogP contribution in [0.4, 0.5) is 5.69 Å². The van der Waals surface area contributed by atoms with E-state index >= 15 is 0 Å². The molecule has 1 rings (SSSR count). The number of aromatic nitrogens is 1. The number of nitrogens with zero attached hydrogens (tertiary/aromatic N) is 1. The Labute approximate surface area is 94.8 Å². The van der Waals surface area contributed by atoms with E-state index in [0.29, 0.717) is 18.2 Å². The molecule has 0 saturated heterocycles. The smallest absolute Gasteiger partial charge is 0.267 e. The molecule has 0 unspecified atom stereocenters. The molecule has 0 aliphatic carbocycles. The standard InChI is InChI=1S/C11H17N3O2/c1-7(2)5-6-16-11-8(12)3-4-9(14-11)10(13)15/h3-4,7H,5-6,12H2,1-2H3,(H2,13,15). The monoisotopic (exact) mass is 223 g/mol. The van der Waals surface area contributed by atoms with Gasteiger partial charge in [0.05, 0.1) is 12.3 Å². The van der Waals surface area contributed by atoms with Crippen LogP contribution in [0.5, 0.6) is 5.88 Å². The lowest BCUT2D eigenvalue weighted by Crippen LogP contribution is -2.14. The number of carbonyl (C=O) groups excluding carboxylic acids is 1. The lowest BCUT2D eigenvalue weighted by atomic mass is 10.1. The van der Waals surface area contributed by atoms with Crippen LogP contribution in [0.1, 0.15) is 30.8 Å². The van der Waals surface area contributed by atoms with Gasteiger partial charge >= 0.3 is 0 Å². The van der Waals surface area contributed by atoms with Crippen LogP contribution < -0.4 is 16.2 Å². The maximum absolute atomic E-state index is 10.9. The fourth-order valence-corrected chi connectivity index (χ4v) is 1.10. The summed E-state index contributed by atoms with van der Waals surface area (Å²) in [5, 5.41) is 0. The van der Waals surface area contributed by atoms with Crippen LogP contribution in [0.2, 0.25) is 0 Å². The van der Waals surface area contributed by atoms with Crippen molar-refractivity contribution in [3.63, 3.8) is 0 Å². The number of pyridine rings is 1. The molecule has 0 atom stereocenters. The number of anilines is 1. The molecular weight excluding hydrogens is 206 g/mol. The molecule has 0 spiro atoms. The van der Waals surface area contributed by atoms with E-state index in [-0.39, 0.29) is 11.6 Å². The van der Waals surface area contributed by atoms with Crippen LogP contribution in [-0.4, -0.2) is 17.5 Å². The first kappa shape index (κ1) is 12.3. The normalized spacial score (nSPS) is 10.4. The molecule has 1 amide bonds. The van der Waals surface area contributed by atoms with Crippen molar-refractivity contribution in [3.05, 3.63) is 17.8 Å². The van der Waals surface area contributed by atoms with Gasteiger partial charge in [0.25, 0.3) is 5.91 Å². The fraction of sp³-hybridized carbons (Fsp3) is 0.455. The average Bonchev–Trinajstić information content (AvgIpc) is 2.20. The first-order valence-corrected chi connectivity index (χ1v) is 5.20. The zero-order valence-electron chi connectivity index (χ0n) is 9.56. The maximum Gasteiger partial charge on any atom is 0.267 e. The molecule has 16 heavy (non-hydrogen) atoms. The molecular formula is C11H17N3O2. The van der Waals surface area contributed by atoms with Gasteiger partial charge in [0.1, 0.15) is 5.69 Å². The van der Waals surface area contributed by atoms with E-state index in [4.69, 9.17) is 16.2 Å². The molecule has 0 fully saturated rings. The van der Waals surface area contributed by atoms with Gasteiger partial charge in [-0.2, -0.15) is 0 Å². The van der Waals surface area contributed by atoms with Crippen molar-refractivity contribution in [2.45, 2.75) is 20.3 Å². The fourth-order valence-electron chi connectivity index (χ4n) is 1.10. The van der Waals surface area contributed by atoms with Gasteiger partial charge in [-0.15, -0.1) is 0 Å². The van der Waals surface area contributed by atoms with E-state index in [9.17, 15) is 4.79 Å². The Balaban J connectivity index is 2.70. The molecule has 0 saturated carbocycles. The first-order chi connectivity index (χ1) is 7.50. The van der Waals surface area contributed by atoms with Crippen LogP contribution >= 0.6 is 0 Å². The number of carbonyl (C=O) groups is 1. The van der Waals surface area contributed by atoms with Gasteiger partial charge in [-0.3, -0.25) is 4.79 Å². The molecule has 0 aliphatic rings. The topological polar surface area (TPSA) is 91.2 Å². The quantitative estimate of drug-likeness (QED) is 0.784. The number of hydrogen-bond acceptors (Lipinski definition) is 4. The second-order valence-corrected chi connectivity index (χ2v) is 3.99. The molecule has 5 heteroatoms. The number of nitrogen functional groups attached to an aromatic ring is 1. The van der Waals surface area contributed by atoms with E-state index in [2.05, 4.69) is 18.8 Å². The molecule has 1 aromatic heterocycles. The van der Waals surface area contributed by atoms with Crippen LogP contribution in [0.3, 0.4) is 0 Å². The van der Waals surface area contributed by atoms with Crippen molar-refractivity contribution in [3.8, 4) is 5.88 Å². The first-order valence-electron chi connectivity index (χ1n) is 5.20. The average molecular weight is 223 g/mol. The van der Waals surface area contributed by atoms with Crippen LogP contribution in [-0.2, 0) is 0 Å². The zero-order chi connectivity index (χ0) is 12.1. The Morgan fingerprint density at radius 3 is 2.75 bits per heavy atom. The summed E-state index contributed by atoms with van der Waals surface area (Å²) >= 11 is 0.